The fraction of sp³-hybridized carbons (Fsp3) is 0.250. The Labute approximate surface area is 122 Å². The van der Waals surface area contributed by atoms with Gasteiger partial charge in [0.2, 0.25) is 0 Å². The van der Waals surface area contributed by atoms with Crippen LogP contribution in [0.3, 0.4) is 0 Å². The van der Waals surface area contributed by atoms with Gasteiger partial charge < -0.3 is 10.8 Å². The summed E-state index contributed by atoms with van der Waals surface area (Å²) in [6.07, 6.45) is 0.538. The number of halogens is 1. The van der Waals surface area contributed by atoms with Crippen LogP contribution in [0.25, 0.3) is 11.1 Å². The van der Waals surface area contributed by atoms with E-state index in [1.165, 1.54) is 0 Å². The number of hydrogen-bond donors (Lipinski definition) is 2. The molecule has 0 radical (unpaired) electrons. The Bertz CT molecular complexity index is 552. The van der Waals surface area contributed by atoms with Crippen molar-refractivity contribution in [3.8, 4) is 11.1 Å². The quantitative estimate of drug-likeness (QED) is 0.903. The first-order chi connectivity index (χ1) is 9.04. The third kappa shape index (κ3) is 3.24. The molecular formula is C16H18BrNO. The van der Waals surface area contributed by atoms with Gasteiger partial charge in [-0.25, -0.2) is 0 Å². The van der Waals surface area contributed by atoms with E-state index in [2.05, 4.69) is 28.1 Å². The van der Waals surface area contributed by atoms with Gasteiger partial charge in [0.15, 0.2) is 0 Å². The zero-order chi connectivity index (χ0) is 13.9. The van der Waals surface area contributed by atoms with Crippen molar-refractivity contribution in [1.82, 2.24) is 0 Å². The summed E-state index contributed by atoms with van der Waals surface area (Å²) >= 11 is 3.55. The van der Waals surface area contributed by atoms with Gasteiger partial charge in [-0.05, 0) is 42.6 Å². The molecule has 2 aromatic carbocycles. The molecule has 0 fully saturated rings. The van der Waals surface area contributed by atoms with Gasteiger partial charge in [-0.3, -0.25) is 0 Å². The molecule has 3 heteroatoms. The van der Waals surface area contributed by atoms with Crippen molar-refractivity contribution in [1.29, 1.82) is 0 Å². The van der Waals surface area contributed by atoms with Gasteiger partial charge >= 0.3 is 0 Å². The maximum atomic E-state index is 10.4. The predicted octanol–water partition coefficient (Wildman–Crippen LogP) is 3.67. The van der Waals surface area contributed by atoms with E-state index in [1.54, 1.807) is 6.92 Å². The van der Waals surface area contributed by atoms with Gasteiger partial charge in [0, 0.05) is 4.47 Å². The molecule has 1 atom stereocenters. The summed E-state index contributed by atoms with van der Waals surface area (Å²) in [5, 5.41) is 10.4. The molecule has 0 aromatic heterocycles. The van der Waals surface area contributed by atoms with Crippen LogP contribution in [-0.4, -0.2) is 11.7 Å². The van der Waals surface area contributed by atoms with Crippen molar-refractivity contribution in [3.63, 3.8) is 0 Å². The van der Waals surface area contributed by atoms with Crippen LogP contribution in [0.2, 0.25) is 0 Å². The van der Waals surface area contributed by atoms with Crippen LogP contribution in [0.15, 0.2) is 53.0 Å². The minimum Gasteiger partial charge on any atom is -0.385 e. The molecule has 2 aromatic rings. The second-order valence-electron chi connectivity index (χ2n) is 4.87. The number of aliphatic hydroxyl groups is 1. The maximum Gasteiger partial charge on any atom is 0.0891 e. The lowest BCUT2D eigenvalue weighted by Crippen LogP contribution is -2.25. The second kappa shape index (κ2) is 5.87. The summed E-state index contributed by atoms with van der Waals surface area (Å²) < 4.78 is 0.910. The van der Waals surface area contributed by atoms with E-state index in [-0.39, 0.29) is 0 Å². The highest BCUT2D eigenvalue weighted by Crippen LogP contribution is 2.33. The van der Waals surface area contributed by atoms with E-state index < -0.39 is 5.60 Å². The van der Waals surface area contributed by atoms with Crippen LogP contribution >= 0.6 is 15.9 Å². The van der Waals surface area contributed by atoms with Crippen LogP contribution in [0, 0.1) is 0 Å². The molecule has 0 saturated heterocycles. The third-order valence-corrected chi connectivity index (χ3v) is 3.94. The Morgan fingerprint density at radius 3 is 2.37 bits per heavy atom. The first-order valence-corrected chi connectivity index (χ1v) is 7.12. The molecule has 3 N–H and O–H groups in total. The van der Waals surface area contributed by atoms with E-state index in [1.807, 2.05) is 36.4 Å². The second-order valence-corrected chi connectivity index (χ2v) is 5.73. The molecule has 0 bridgehead atoms. The molecular weight excluding hydrogens is 302 g/mol. The molecule has 0 saturated carbocycles. The molecule has 0 amide bonds. The molecule has 2 rings (SSSR count). The Morgan fingerprint density at radius 2 is 1.79 bits per heavy atom. The SMILES string of the molecule is CC(O)(CCN)c1ccc(-c2ccccc2)cc1Br. The number of rotatable bonds is 4. The van der Waals surface area contributed by atoms with Crippen LogP contribution in [-0.2, 0) is 5.60 Å². The lowest BCUT2D eigenvalue weighted by atomic mass is 9.91. The summed E-state index contributed by atoms with van der Waals surface area (Å²) in [6.45, 7) is 2.25. The topological polar surface area (TPSA) is 46.2 Å². The van der Waals surface area contributed by atoms with Crippen molar-refractivity contribution in [2.24, 2.45) is 5.73 Å². The van der Waals surface area contributed by atoms with Gasteiger partial charge in [0.1, 0.15) is 0 Å². The highest BCUT2D eigenvalue weighted by Gasteiger charge is 2.24. The molecule has 2 nitrogen and oxygen atoms in total. The lowest BCUT2D eigenvalue weighted by Gasteiger charge is -2.24. The Kier molecular flexibility index (Phi) is 4.40. The van der Waals surface area contributed by atoms with Crippen LogP contribution < -0.4 is 5.73 Å². The van der Waals surface area contributed by atoms with Gasteiger partial charge in [0.05, 0.1) is 5.60 Å². The van der Waals surface area contributed by atoms with Crippen molar-refractivity contribution in [2.75, 3.05) is 6.54 Å². The molecule has 0 spiro atoms. The van der Waals surface area contributed by atoms with Crippen molar-refractivity contribution in [3.05, 3.63) is 58.6 Å². The van der Waals surface area contributed by atoms with Crippen LogP contribution in [0.1, 0.15) is 18.9 Å². The predicted molar refractivity (Wildman–Crippen MR) is 82.8 cm³/mol. The molecule has 0 aliphatic rings. The number of hydrogen-bond acceptors (Lipinski definition) is 2. The fourth-order valence-corrected chi connectivity index (χ4v) is 2.98. The third-order valence-electron chi connectivity index (χ3n) is 3.29. The Hall–Kier alpha value is -1.16. The van der Waals surface area contributed by atoms with Gasteiger partial charge in [-0.15, -0.1) is 0 Å². The highest BCUT2D eigenvalue weighted by molar-refractivity contribution is 9.10. The van der Waals surface area contributed by atoms with E-state index in [0.717, 1.165) is 21.2 Å². The summed E-state index contributed by atoms with van der Waals surface area (Å²) in [5.41, 5.74) is 7.81. The zero-order valence-corrected chi connectivity index (χ0v) is 12.5. The fourth-order valence-electron chi connectivity index (χ4n) is 2.18. The van der Waals surface area contributed by atoms with Crippen molar-refractivity contribution in [2.45, 2.75) is 18.9 Å². The standard InChI is InChI=1S/C16H18BrNO/c1-16(19,9-10-18)14-8-7-13(11-15(14)17)12-5-3-2-4-6-12/h2-8,11,19H,9-10,18H2,1H3. The first-order valence-electron chi connectivity index (χ1n) is 6.32. The molecule has 0 heterocycles. The van der Waals surface area contributed by atoms with Crippen molar-refractivity contribution < 1.29 is 5.11 Å². The monoisotopic (exact) mass is 319 g/mol. The summed E-state index contributed by atoms with van der Waals surface area (Å²) in [5.74, 6) is 0. The molecule has 100 valence electrons. The Balaban J connectivity index is 2.38. The highest BCUT2D eigenvalue weighted by atomic mass is 79.9. The summed E-state index contributed by atoms with van der Waals surface area (Å²) in [4.78, 5) is 0. The maximum absolute atomic E-state index is 10.4. The van der Waals surface area contributed by atoms with Gasteiger partial charge in [-0.1, -0.05) is 58.4 Å². The zero-order valence-electron chi connectivity index (χ0n) is 10.9. The van der Waals surface area contributed by atoms with Crippen molar-refractivity contribution >= 4 is 15.9 Å². The largest absolute Gasteiger partial charge is 0.385 e. The minimum absolute atomic E-state index is 0.458. The van der Waals surface area contributed by atoms with E-state index in [9.17, 15) is 5.11 Å². The van der Waals surface area contributed by atoms with E-state index in [4.69, 9.17) is 5.73 Å². The molecule has 0 aliphatic heterocycles. The van der Waals surface area contributed by atoms with Crippen LogP contribution in [0.5, 0.6) is 0 Å². The van der Waals surface area contributed by atoms with Gasteiger partial charge in [0.25, 0.3) is 0 Å². The minimum atomic E-state index is -0.900. The number of nitrogens with two attached hydrogens (primary N) is 1. The molecule has 1 unspecified atom stereocenters. The number of benzene rings is 2. The molecule has 19 heavy (non-hydrogen) atoms. The van der Waals surface area contributed by atoms with E-state index >= 15 is 0 Å². The smallest absolute Gasteiger partial charge is 0.0891 e. The average molecular weight is 320 g/mol. The Morgan fingerprint density at radius 1 is 1.11 bits per heavy atom. The van der Waals surface area contributed by atoms with Crippen LogP contribution in [0.4, 0.5) is 0 Å². The molecule has 0 aliphatic carbocycles. The van der Waals surface area contributed by atoms with E-state index in [0.29, 0.717) is 13.0 Å². The first kappa shape index (κ1) is 14.3. The lowest BCUT2D eigenvalue weighted by molar-refractivity contribution is 0.0497. The summed E-state index contributed by atoms with van der Waals surface area (Å²) in [7, 11) is 0. The van der Waals surface area contributed by atoms with Gasteiger partial charge in [-0.2, -0.15) is 0 Å². The normalized spacial score (nSPS) is 14.1. The average Bonchev–Trinajstić information content (AvgIpc) is 2.39. The summed E-state index contributed by atoms with van der Waals surface area (Å²) in [6, 6.07) is 16.2.